The van der Waals surface area contributed by atoms with Crippen LogP contribution in [0.15, 0.2) is 18.2 Å². The molecule has 0 fully saturated rings. The fourth-order valence-electron chi connectivity index (χ4n) is 1.05. The normalized spacial score (nSPS) is 9.93. The van der Waals surface area contributed by atoms with Crippen molar-refractivity contribution in [1.82, 2.24) is 5.32 Å². The molecule has 1 aromatic carbocycles. The van der Waals surface area contributed by atoms with Crippen LogP contribution in [-0.2, 0) is 0 Å². The molecule has 1 rings (SSSR count). The minimum Gasteiger partial charge on any atom is -0.351 e. The van der Waals surface area contributed by atoms with Crippen LogP contribution < -0.4 is 5.32 Å². The van der Waals surface area contributed by atoms with E-state index < -0.39 is 0 Å². The molecule has 0 unspecified atom stereocenters. The Hall–Kier alpha value is -1.09. The van der Waals surface area contributed by atoms with Gasteiger partial charge in [-0.3, -0.25) is 4.79 Å². The number of amides is 1. The van der Waals surface area contributed by atoms with E-state index in [9.17, 15) is 9.18 Å². The molecule has 0 atom stereocenters. The highest BCUT2D eigenvalue weighted by Crippen LogP contribution is 2.08. The number of halogens is 2. The van der Waals surface area contributed by atoms with Crippen LogP contribution in [0.3, 0.4) is 0 Å². The molecule has 0 bridgehead atoms. The van der Waals surface area contributed by atoms with Gasteiger partial charge in [0.05, 0.1) is 0 Å². The first-order chi connectivity index (χ1) is 6.65. The predicted molar refractivity (Wildman–Crippen MR) is 54.2 cm³/mol. The molecule has 4 heteroatoms. The highest BCUT2D eigenvalue weighted by atomic mass is 35.5. The topological polar surface area (TPSA) is 29.1 Å². The van der Waals surface area contributed by atoms with Gasteiger partial charge in [0.15, 0.2) is 0 Å². The molecule has 1 aromatic rings. The number of carbonyl (C=O) groups is 1. The van der Waals surface area contributed by atoms with Gasteiger partial charge in [-0.05, 0) is 30.7 Å². The molecule has 0 aromatic heterocycles. The summed E-state index contributed by atoms with van der Waals surface area (Å²) >= 11 is 5.41. The summed E-state index contributed by atoms with van der Waals surface area (Å²) in [5.41, 5.74) is 0.914. The average Bonchev–Trinajstić information content (AvgIpc) is 2.18. The maximum Gasteiger partial charge on any atom is 0.251 e. The van der Waals surface area contributed by atoms with Gasteiger partial charge in [-0.25, -0.2) is 4.39 Å². The molecule has 1 amide bonds. The van der Waals surface area contributed by atoms with Gasteiger partial charge < -0.3 is 5.32 Å². The van der Waals surface area contributed by atoms with Gasteiger partial charge in [0.25, 0.3) is 5.91 Å². The number of aryl methyl sites for hydroxylation is 1. The number of benzene rings is 1. The van der Waals surface area contributed by atoms with Gasteiger partial charge in [-0.15, -0.1) is 11.6 Å². The van der Waals surface area contributed by atoms with Crippen LogP contribution in [0.1, 0.15) is 15.9 Å². The number of carbonyl (C=O) groups excluding carboxylic acids is 1. The number of alkyl halides is 1. The maximum absolute atomic E-state index is 12.9. The van der Waals surface area contributed by atoms with Crippen molar-refractivity contribution in [3.8, 4) is 0 Å². The van der Waals surface area contributed by atoms with E-state index in [1.54, 1.807) is 6.92 Å². The third-order valence-electron chi connectivity index (χ3n) is 1.80. The van der Waals surface area contributed by atoms with Crippen LogP contribution in [0.25, 0.3) is 0 Å². The van der Waals surface area contributed by atoms with Crippen molar-refractivity contribution in [2.75, 3.05) is 12.4 Å². The third-order valence-corrected chi connectivity index (χ3v) is 1.99. The summed E-state index contributed by atoms with van der Waals surface area (Å²) in [6.45, 7) is 2.03. The van der Waals surface area contributed by atoms with Gasteiger partial charge in [-0.2, -0.15) is 0 Å². The lowest BCUT2D eigenvalue weighted by atomic mass is 10.1. The predicted octanol–water partition coefficient (Wildman–Crippen LogP) is 2.10. The Morgan fingerprint density at radius 2 is 2.29 bits per heavy atom. The van der Waals surface area contributed by atoms with E-state index in [1.807, 2.05) is 0 Å². The summed E-state index contributed by atoms with van der Waals surface area (Å²) in [5.74, 6) is -0.168. The van der Waals surface area contributed by atoms with Crippen LogP contribution in [0.5, 0.6) is 0 Å². The van der Waals surface area contributed by atoms with E-state index in [0.29, 0.717) is 23.6 Å². The van der Waals surface area contributed by atoms with E-state index in [0.717, 1.165) is 0 Å². The van der Waals surface area contributed by atoms with Crippen LogP contribution in [-0.4, -0.2) is 18.3 Å². The molecule has 0 aliphatic rings. The van der Waals surface area contributed by atoms with Crippen molar-refractivity contribution in [3.63, 3.8) is 0 Å². The van der Waals surface area contributed by atoms with Crippen molar-refractivity contribution in [1.29, 1.82) is 0 Å². The largest absolute Gasteiger partial charge is 0.351 e. The highest BCUT2D eigenvalue weighted by Gasteiger charge is 2.06. The minimum absolute atomic E-state index is 0.228. The number of rotatable bonds is 3. The molecule has 0 aliphatic heterocycles. The first-order valence-corrected chi connectivity index (χ1v) is 4.79. The van der Waals surface area contributed by atoms with Crippen molar-refractivity contribution < 1.29 is 9.18 Å². The van der Waals surface area contributed by atoms with Crippen molar-refractivity contribution in [2.24, 2.45) is 0 Å². The quantitative estimate of drug-likeness (QED) is 0.769. The Labute approximate surface area is 87.1 Å². The summed E-state index contributed by atoms with van der Waals surface area (Å²) in [4.78, 5) is 11.4. The van der Waals surface area contributed by atoms with Crippen LogP contribution in [0, 0.1) is 12.7 Å². The van der Waals surface area contributed by atoms with Crippen LogP contribution in [0.2, 0.25) is 0 Å². The Kier molecular flexibility index (Phi) is 3.89. The monoisotopic (exact) mass is 215 g/mol. The Morgan fingerprint density at radius 3 is 2.86 bits per heavy atom. The zero-order valence-electron chi connectivity index (χ0n) is 7.81. The number of hydrogen-bond donors (Lipinski definition) is 1. The maximum atomic E-state index is 12.9. The fraction of sp³-hybridized carbons (Fsp3) is 0.300. The lowest BCUT2D eigenvalue weighted by Gasteiger charge is -2.04. The SMILES string of the molecule is Cc1cc(C(=O)NCCCl)ccc1F. The smallest absolute Gasteiger partial charge is 0.251 e. The van der Waals surface area contributed by atoms with E-state index in [2.05, 4.69) is 5.32 Å². The lowest BCUT2D eigenvalue weighted by Crippen LogP contribution is -2.25. The molecule has 0 aliphatic carbocycles. The first-order valence-electron chi connectivity index (χ1n) is 4.25. The van der Waals surface area contributed by atoms with E-state index >= 15 is 0 Å². The number of hydrogen-bond acceptors (Lipinski definition) is 1. The second-order valence-corrected chi connectivity index (χ2v) is 3.29. The first kappa shape index (κ1) is 11.0. The Bertz CT molecular complexity index is 341. The lowest BCUT2D eigenvalue weighted by molar-refractivity contribution is 0.0956. The van der Waals surface area contributed by atoms with Gasteiger partial charge in [0, 0.05) is 18.0 Å². The second-order valence-electron chi connectivity index (χ2n) is 2.91. The van der Waals surface area contributed by atoms with Crippen LogP contribution in [0.4, 0.5) is 4.39 Å². The molecule has 2 nitrogen and oxygen atoms in total. The van der Waals surface area contributed by atoms with Crippen molar-refractivity contribution >= 4 is 17.5 Å². The molecule has 14 heavy (non-hydrogen) atoms. The molecule has 0 spiro atoms. The molecule has 0 radical (unpaired) electrons. The van der Waals surface area contributed by atoms with Gasteiger partial charge in [0.1, 0.15) is 5.82 Å². The summed E-state index contributed by atoms with van der Waals surface area (Å²) in [5, 5.41) is 2.60. The van der Waals surface area contributed by atoms with Gasteiger partial charge >= 0.3 is 0 Å². The van der Waals surface area contributed by atoms with Gasteiger partial charge in [-0.1, -0.05) is 0 Å². The Balaban J connectivity index is 2.76. The summed E-state index contributed by atoms with van der Waals surface area (Å²) in [7, 11) is 0. The molecule has 0 heterocycles. The summed E-state index contributed by atoms with van der Waals surface area (Å²) in [6.07, 6.45) is 0. The van der Waals surface area contributed by atoms with Crippen molar-refractivity contribution in [3.05, 3.63) is 35.1 Å². The van der Waals surface area contributed by atoms with E-state index in [4.69, 9.17) is 11.6 Å². The molecule has 1 N–H and O–H groups in total. The standard InChI is InChI=1S/C10H11ClFNO/c1-7-6-8(2-3-9(7)12)10(14)13-5-4-11/h2-3,6H,4-5H2,1H3,(H,13,14). The molecular weight excluding hydrogens is 205 g/mol. The molecule has 76 valence electrons. The summed E-state index contributed by atoms with van der Waals surface area (Å²) in [6, 6.07) is 4.25. The molecule has 0 saturated carbocycles. The van der Waals surface area contributed by atoms with Crippen molar-refractivity contribution in [2.45, 2.75) is 6.92 Å². The Morgan fingerprint density at radius 1 is 1.57 bits per heavy atom. The average molecular weight is 216 g/mol. The third kappa shape index (κ3) is 2.70. The zero-order chi connectivity index (χ0) is 10.6. The van der Waals surface area contributed by atoms with Gasteiger partial charge in [0.2, 0.25) is 0 Å². The van der Waals surface area contributed by atoms with E-state index in [1.165, 1.54) is 18.2 Å². The zero-order valence-corrected chi connectivity index (χ0v) is 8.57. The summed E-state index contributed by atoms with van der Waals surface area (Å²) < 4.78 is 12.9. The molecular formula is C10H11ClFNO. The van der Waals surface area contributed by atoms with E-state index in [-0.39, 0.29) is 11.7 Å². The fourth-order valence-corrected chi connectivity index (χ4v) is 1.14. The van der Waals surface area contributed by atoms with Crippen LogP contribution >= 0.6 is 11.6 Å². The molecule has 0 saturated heterocycles. The highest BCUT2D eigenvalue weighted by molar-refractivity contribution is 6.18. The minimum atomic E-state index is -0.307. The number of nitrogens with one attached hydrogen (secondary N) is 1. The second kappa shape index (κ2) is 4.96.